The van der Waals surface area contributed by atoms with Gasteiger partial charge in [-0.2, -0.15) is 4.31 Å². The minimum Gasteiger partial charge on any atom is -0.298 e. The molecule has 1 fully saturated rings. The molecule has 0 unspecified atom stereocenters. The number of carbonyl (C=O) groups excluding carboxylic acids is 1. The lowest BCUT2D eigenvalue weighted by Crippen LogP contribution is -2.42. The molecular weight excluding hydrogens is 430 g/mol. The molecule has 1 aliphatic heterocycles. The number of hydrogen-bond acceptors (Lipinski definition) is 5. The number of fused-ring (bicyclic) bond motifs is 1. The van der Waals surface area contributed by atoms with Crippen LogP contribution in [0.3, 0.4) is 0 Å². The average Bonchev–Trinajstić information content (AvgIpc) is 3.15. The highest BCUT2D eigenvalue weighted by atomic mass is 32.2. The molecule has 1 amide bonds. The van der Waals surface area contributed by atoms with Crippen LogP contribution in [-0.4, -0.2) is 36.7 Å². The minimum absolute atomic E-state index is 0.220. The predicted molar refractivity (Wildman–Crippen MR) is 125 cm³/mol. The van der Waals surface area contributed by atoms with E-state index in [9.17, 15) is 13.2 Å². The lowest BCUT2D eigenvalue weighted by molar-refractivity contribution is 0.102. The summed E-state index contributed by atoms with van der Waals surface area (Å²) in [5, 5.41) is 3.38. The molecule has 3 aromatic rings. The monoisotopic (exact) mass is 457 g/mol. The number of amides is 1. The van der Waals surface area contributed by atoms with Crippen molar-refractivity contribution in [2.24, 2.45) is 11.8 Å². The van der Waals surface area contributed by atoms with E-state index in [4.69, 9.17) is 0 Å². The molecule has 0 spiro atoms. The zero-order chi connectivity index (χ0) is 22.2. The summed E-state index contributed by atoms with van der Waals surface area (Å²) in [4.78, 5) is 17.5. The van der Waals surface area contributed by atoms with Crippen molar-refractivity contribution in [1.29, 1.82) is 0 Å². The van der Waals surface area contributed by atoms with Crippen LogP contribution in [0.1, 0.15) is 43.1 Å². The van der Waals surface area contributed by atoms with Gasteiger partial charge in [0.15, 0.2) is 5.13 Å². The summed E-state index contributed by atoms with van der Waals surface area (Å²) in [6.45, 7) is 7.31. The van der Waals surface area contributed by atoms with Crippen LogP contribution >= 0.6 is 11.3 Å². The Kier molecular flexibility index (Phi) is 6.14. The van der Waals surface area contributed by atoms with E-state index in [2.05, 4.69) is 31.1 Å². The Labute approximate surface area is 187 Å². The molecule has 0 radical (unpaired) electrons. The van der Waals surface area contributed by atoms with Crippen LogP contribution in [-0.2, 0) is 16.4 Å². The summed E-state index contributed by atoms with van der Waals surface area (Å²) in [5.74, 6) is 0.373. The fourth-order valence-corrected chi connectivity index (χ4v) is 6.83. The summed E-state index contributed by atoms with van der Waals surface area (Å²) >= 11 is 1.43. The smallest absolute Gasteiger partial charge is 0.257 e. The fraction of sp³-hybridized carbons (Fsp3) is 0.391. The van der Waals surface area contributed by atoms with E-state index in [1.54, 1.807) is 16.4 Å². The molecular formula is C23H27N3O3S2. The van der Waals surface area contributed by atoms with E-state index in [0.717, 1.165) is 28.6 Å². The highest BCUT2D eigenvalue weighted by molar-refractivity contribution is 7.89. The van der Waals surface area contributed by atoms with Crippen LogP contribution in [0.15, 0.2) is 47.4 Å². The zero-order valence-electron chi connectivity index (χ0n) is 18.0. The molecule has 1 saturated heterocycles. The maximum Gasteiger partial charge on any atom is 0.257 e. The molecule has 2 heterocycles. The summed E-state index contributed by atoms with van der Waals surface area (Å²) in [6.07, 6.45) is 1.91. The first-order valence-electron chi connectivity index (χ1n) is 10.6. The van der Waals surface area contributed by atoms with Crippen molar-refractivity contribution in [3.05, 3.63) is 53.6 Å². The summed E-state index contributed by atoms with van der Waals surface area (Å²) in [6, 6.07) is 12.2. The molecule has 2 atom stereocenters. The van der Waals surface area contributed by atoms with Crippen LogP contribution in [0.25, 0.3) is 10.2 Å². The van der Waals surface area contributed by atoms with Gasteiger partial charge in [-0.05, 0) is 60.6 Å². The number of thiazole rings is 1. The van der Waals surface area contributed by atoms with Gasteiger partial charge >= 0.3 is 0 Å². The van der Waals surface area contributed by atoms with E-state index >= 15 is 0 Å². The Morgan fingerprint density at radius 1 is 1.13 bits per heavy atom. The van der Waals surface area contributed by atoms with Gasteiger partial charge in [0, 0.05) is 18.7 Å². The van der Waals surface area contributed by atoms with E-state index < -0.39 is 10.0 Å². The average molecular weight is 458 g/mol. The minimum atomic E-state index is -3.56. The van der Waals surface area contributed by atoms with Gasteiger partial charge in [-0.15, -0.1) is 0 Å². The highest BCUT2D eigenvalue weighted by Crippen LogP contribution is 2.29. The van der Waals surface area contributed by atoms with Gasteiger partial charge in [-0.25, -0.2) is 13.4 Å². The molecule has 0 aliphatic carbocycles. The molecule has 1 N–H and O–H groups in total. The number of aromatic nitrogens is 1. The third-order valence-electron chi connectivity index (χ3n) is 5.69. The molecule has 4 rings (SSSR count). The van der Waals surface area contributed by atoms with Gasteiger partial charge in [0.2, 0.25) is 10.0 Å². The first-order valence-corrected chi connectivity index (χ1v) is 12.8. The normalized spacial score (nSPS) is 20.1. The van der Waals surface area contributed by atoms with Crippen LogP contribution in [0.2, 0.25) is 0 Å². The molecule has 31 heavy (non-hydrogen) atoms. The molecule has 6 nitrogen and oxygen atoms in total. The van der Waals surface area contributed by atoms with Crippen molar-refractivity contribution in [1.82, 2.24) is 9.29 Å². The molecule has 0 saturated carbocycles. The van der Waals surface area contributed by atoms with Gasteiger partial charge in [-0.1, -0.05) is 44.2 Å². The number of sulfonamides is 1. The number of piperidine rings is 1. The van der Waals surface area contributed by atoms with Crippen LogP contribution in [0.4, 0.5) is 5.13 Å². The number of benzene rings is 2. The second kappa shape index (κ2) is 8.68. The van der Waals surface area contributed by atoms with Crippen molar-refractivity contribution in [2.75, 3.05) is 18.4 Å². The van der Waals surface area contributed by atoms with E-state index in [1.807, 2.05) is 18.2 Å². The summed E-state index contributed by atoms with van der Waals surface area (Å²) in [5.41, 5.74) is 2.45. The van der Waals surface area contributed by atoms with Crippen molar-refractivity contribution in [3.63, 3.8) is 0 Å². The Morgan fingerprint density at radius 2 is 1.81 bits per heavy atom. The molecule has 2 aromatic carbocycles. The number of para-hydroxylation sites is 1. The first kappa shape index (κ1) is 21.9. The van der Waals surface area contributed by atoms with E-state index in [0.29, 0.717) is 35.6 Å². The summed E-state index contributed by atoms with van der Waals surface area (Å²) < 4.78 is 28.6. The second-order valence-corrected chi connectivity index (χ2v) is 11.4. The maximum absolute atomic E-state index is 13.0. The fourth-order valence-electron chi connectivity index (χ4n) is 4.24. The van der Waals surface area contributed by atoms with Crippen molar-refractivity contribution in [3.8, 4) is 0 Å². The summed E-state index contributed by atoms with van der Waals surface area (Å²) in [7, 11) is -3.56. The number of aryl methyl sites for hydroxylation is 1. The van der Waals surface area contributed by atoms with E-state index in [1.165, 1.54) is 23.5 Å². The van der Waals surface area contributed by atoms with Crippen molar-refractivity contribution in [2.45, 2.75) is 38.5 Å². The topological polar surface area (TPSA) is 79.4 Å². The Hall–Kier alpha value is -2.29. The maximum atomic E-state index is 13.0. The van der Waals surface area contributed by atoms with Crippen LogP contribution < -0.4 is 5.32 Å². The number of nitrogens with zero attached hydrogens (tertiary/aromatic N) is 2. The molecule has 8 heteroatoms. The standard InChI is InChI=1S/C23H27N3O3S2/c1-4-17-6-5-7-20-21(17)24-23(30-20)25-22(27)18-8-10-19(11-9-18)31(28,29)26-13-15(2)12-16(3)14-26/h5-11,15-16H,4,12-14H2,1-3H3,(H,24,25,27)/t15-,16-/m1/s1. The SMILES string of the molecule is CCc1cccc2sc(NC(=O)c3ccc(S(=O)(=O)N4C[C@H](C)C[C@@H](C)C4)cc3)nc12. The quantitative estimate of drug-likeness (QED) is 0.598. The Morgan fingerprint density at radius 3 is 2.45 bits per heavy atom. The third-order valence-corrected chi connectivity index (χ3v) is 8.48. The number of anilines is 1. The molecule has 164 valence electrons. The first-order chi connectivity index (χ1) is 14.8. The van der Waals surface area contributed by atoms with Gasteiger partial charge in [0.1, 0.15) is 0 Å². The van der Waals surface area contributed by atoms with Crippen LogP contribution in [0.5, 0.6) is 0 Å². The Bertz CT molecular complexity index is 1190. The van der Waals surface area contributed by atoms with Crippen molar-refractivity contribution < 1.29 is 13.2 Å². The van der Waals surface area contributed by atoms with Gasteiger partial charge in [-0.3, -0.25) is 10.1 Å². The van der Waals surface area contributed by atoms with Gasteiger partial charge in [0.25, 0.3) is 5.91 Å². The Balaban J connectivity index is 1.51. The number of carbonyl (C=O) groups is 1. The zero-order valence-corrected chi connectivity index (χ0v) is 19.6. The van der Waals surface area contributed by atoms with Crippen molar-refractivity contribution >= 4 is 42.6 Å². The molecule has 1 aromatic heterocycles. The van der Waals surface area contributed by atoms with Gasteiger partial charge < -0.3 is 0 Å². The highest BCUT2D eigenvalue weighted by Gasteiger charge is 2.31. The number of nitrogens with one attached hydrogen (secondary N) is 1. The van der Waals surface area contributed by atoms with Gasteiger partial charge in [0.05, 0.1) is 15.1 Å². The molecule has 0 bridgehead atoms. The number of hydrogen-bond donors (Lipinski definition) is 1. The molecule has 1 aliphatic rings. The lowest BCUT2D eigenvalue weighted by atomic mass is 9.94. The second-order valence-electron chi connectivity index (χ2n) is 8.38. The predicted octanol–water partition coefficient (Wildman–Crippen LogP) is 4.78. The lowest BCUT2D eigenvalue weighted by Gasteiger charge is -2.34. The van der Waals surface area contributed by atoms with Crippen LogP contribution in [0, 0.1) is 11.8 Å². The number of rotatable bonds is 5. The van der Waals surface area contributed by atoms with E-state index in [-0.39, 0.29) is 10.8 Å². The largest absolute Gasteiger partial charge is 0.298 e. The third kappa shape index (κ3) is 4.51.